The van der Waals surface area contributed by atoms with Crippen LogP contribution in [0.4, 0.5) is 4.79 Å². The van der Waals surface area contributed by atoms with Crippen molar-refractivity contribution in [3.05, 3.63) is 36.0 Å². The number of aromatic nitrogens is 1. The molecule has 8 nitrogen and oxygen atoms in total. The second kappa shape index (κ2) is 8.33. The number of methoxy groups -OCH3 is 1. The van der Waals surface area contributed by atoms with Crippen molar-refractivity contribution in [1.82, 2.24) is 20.1 Å². The second-order valence-electron chi connectivity index (χ2n) is 7.24. The first kappa shape index (κ1) is 19.7. The van der Waals surface area contributed by atoms with Crippen molar-refractivity contribution < 1.29 is 19.1 Å². The lowest BCUT2D eigenvalue weighted by Gasteiger charge is -2.35. The predicted molar refractivity (Wildman–Crippen MR) is 105 cm³/mol. The Kier molecular flexibility index (Phi) is 5.87. The lowest BCUT2D eigenvalue weighted by Crippen LogP contribution is -2.56. The van der Waals surface area contributed by atoms with E-state index in [4.69, 9.17) is 4.74 Å². The van der Waals surface area contributed by atoms with Crippen molar-refractivity contribution in [3.8, 4) is 0 Å². The minimum Gasteiger partial charge on any atom is -0.467 e. The summed E-state index contributed by atoms with van der Waals surface area (Å²) in [6.45, 7) is 5.38. The predicted octanol–water partition coefficient (Wildman–Crippen LogP) is 1.83. The van der Waals surface area contributed by atoms with Crippen molar-refractivity contribution in [1.29, 1.82) is 0 Å². The molecule has 1 aromatic heterocycles. The first-order valence-corrected chi connectivity index (χ1v) is 9.41. The van der Waals surface area contributed by atoms with Gasteiger partial charge < -0.3 is 24.8 Å². The minimum absolute atomic E-state index is 0.0779. The van der Waals surface area contributed by atoms with E-state index < -0.39 is 12.0 Å². The Morgan fingerprint density at radius 2 is 1.71 bits per heavy atom. The van der Waals surface area contributed by atoms with Gasteiger partial charge in [-0.25, -0.2) is 9.59 Å². The molecule has 3 amide bonds. The van der Waals surface area contributed by atoms with Crippen LogP contribution in [0, 0.1) is 5.92 Å². The quantitative estimate of drug-likeness (QED) is 0.784. The third-order valence-corrected chi connectivity index (χ3v) is 5.02. The number of urea groups is 1. The molecule has 1 aliphatic rings. The fraction of sp³-hybridized carbons (Fsp3) is 0.450. The van der Waals surface area contributed by atoms with E-state index in [1.54, 1.807) is 9.80 Å². The number of hydrogen-bond acceptors (Lipinski definition) is 4. The van der Waals surface area contributed by atoms with E-state index in [0.717, 1.165) is 10.9 Å². The number of H-pyrrole nitrogens is 1. The fourth-order valence-corrected chi connectivity index (χ4v) is 3.32. The van der Waals surface area contributed by atoms with E-state index in [9.17, 15) is 14.4 Å². The zero-order valence-corrected chi connectivity index (χ0v) is 16.4. The molecular weight excluding hydrogens is 360 g/mol. The van der Waals surface area contributed by atoms with E-state index in [0.29, 0.717) is 31.9 Å². The molecule has 0 unspecified atom stereocenters. The summed E-state index contributed by atoms with van der Waals surface area (Å²) < 4.78 is 4.76. The number of ether oxygens (including phenoxy) is 1. The molecule has 0 bridgehead atoms. The van der Waals surface area contributed by atoms with E-state index in [-0.39, 0.29) is 17.9 Å². The Labute approximate surface area is 163 Å². The van der Waals surface area contributed by atoms with Crippen LogP contribution in [-0.4, -0.2) is 72.0 Å². The first-order valence-electron chi connectivity index (χ1n) is 9.41. The minimum atomic E-state index is -0.691. The largest absolute Gasteiger partial charge is 0.467 e. The van der Waals surface area contributed by atoms with Crippen molar-refractivity contribution in [3.63, 3.8) is 0 Å². The Hall–Kier alpha value is -3.03. The van der Waals surface area contributed by atoms with E-state index in [1.165, 1.54) is 7.11 Å². The molecule has 0 saturated carbocycles. The van der Waals surface area contributed by atoms with Gasteiger partial charge in [-0.1, -0.05) is 32.0 Å². The summed E-state index contributed by atoms with van der Waals surface area (Å²) in [6, 6.07) is 8.58. The lowest BCUT2D eigenvalue weighted by atomic mass is 10.1. The van der Waals surface area contributed by atoms with E-state index in [1.807, 2.05) is 44.2 Å². The number of para-hydroxylation sites is 1. The normalized spacial score (nSPS) is 15.6. The highest BCUT2D eigenvalue weighted by molar-refractivity contribution is 5.98. The van der Waals surface area contributed by atoms with Crippen LogP contribution in [0.2, 0.25) is 0 Å². The van der Waals surface area contributed by atoms with E-state index >= 15 is 0 Å². The first-order chi connectivity index (χ1) is 13.4. The molecule has 2 heterocycles. The topological polar surface area (TPSA) is 94.7 Å². The van der Waals surface area contributed by atoms with Gasteiger partial charge in [0.25, 0.3) is 5.91 Å². The third-order valence-electron chi connectivity index (χ3n) is 5.02. The summed E-state index contributed by atoms with van der Waals surface area (Å²) in [4.78, 5) is 43.6. The molecule has 150 valence electrons. The third kappa shape index (κ3) is 4.11. The smallest absolute Gasteiger partial charge is 0.328 e. The molecule has 3 rings (SSSR count). The SMILES string of the molecule is COC(=O)[C@H](NC(=O)N1CCN(C(=O)c2cc3ccccc3[nH]2)CC1)C(C)C. The van der Waals surface area contributed by atoms with Gasteiger partial charge in [0.2, 0.25) is 0 Å². The molecule has 0 spiro atoms. The van der Waals surface area contributed by atoms with Crippen LogP contribution in [0.1, 0.15) is 24.3 Å². The number of amides is 3. The van der Waals surface area contributed by atoms with Gasteiger partial charge in [-0.3, -0.25) is 4.79 Å². The number of piperazine rings is 1. The van der Waals surface area contributed by atoms with Crippen LogP contribution in [-0.2, 0) is 9.53 Å². The van der Waals surface area contributed by atoms with Gasteiger partial charge >= 0.3 is 12.0 Å². The fourth-order valence-electron chi connectivity index (χ4n) is 3.32. The van der Waals surface area contributed by atoms with Crippen LogP contribution >= 0.6 is 0 Å². The molecule has 1 atom stereocenters. The number of nitrogens with one attached hydrogen (secondary N) is 2. The monoisotopic (exact) mass is 386 g/mol. The van der Waals surface area contributed by atoms with Crippen LogP contribution in [0.25, 0.3) is 10.9 Å². The van der Waals surface area contributed by atoms with Gasteiger partial charge in [-0.15, -0.1) is 0 Å². The van der Waals surface area contributed by atoms with Gasteiger partial charge in [0.1, 0.15) is 11.7 Å². The molecular formula is C20H26N4O4. The molecule has 1 saturated heterocycles. The summed E-state index contributed by atoms with van der Waals surface area (Å²) in [6.07, 6.45) is 0. The number of benzene rings is 1. The summed E-state index contributed by atoms with van der Waals surface area (Å²) in [5.74, 6) is -0.622. The molecule has 0 aliphatic carbocycles. The van der Waals surface area contributed by atoms with Crippen LogP contribution in [0.3, 0.4) is 0 Å². The Balaban J connectivity index is 1.58. The molecule has 8 heteroatoms. The number of carbonyl (C=O) groups is 3. The van der Waals surface area contributed by atoms with Crippen molar-refractivity contribution in [2.45, 2.75) is 19.9 Å². The summed E-state index contributed by atoms with van der Waals surface area (Å²) in [5, 5.41) is 3.73. The van der Waals surface area contributed by atoms with Gasteiger partial charge in [-0.05, 0) is 18.1 Å². The summed E-state index contributed by atoms with van der Waals surface area (Å²) in [5.41, 5.74) is 1.47. The number of nitrogens with zero attached hydrogens (tertiary/aromatic N) is 2. The highest BCUT2D eigenvalue weighted by Gasteiger charge is 2.30. The lowest BCUT2D eigenvalue weighted by molar-refractivity contribution is -0.144. The highest BCUT2D eigenvalue weighted by atomic mass is 16.5. The molecule has 1 fully saturated rings. The zero-order chi connectivity index (χ0) is 20.3. The van der Waals surface area contributed by atoms with E-state index in [2.05, 4.69) is 10.3 Å². The average molecular weight is 386 g/mol. The number of esters is 1. The van der Waals surface area contributed by atoms with Gasteiger partial charge in [0.15, 0.2) is 0 Å². The molecule has 1 aromatic carbocycles. The van der Waals surface area contributed by atoms with Gasteiger partial charge in [0.05, 0.1) is 7.11 Å². The number of fused-ring (bicyclic) bond motifs is 1. The number of carbonyl (C=O) groups excluding carboxylic acids is 3. The standard InChI is InChI=1S/C20H26N4O4/c1-13(2)17(19(26)28-3)22-20(27)24-10-8-23(9-11-24)18(25)16-12-14-6-4-5-7-15(14)21-16/h4-7,12-13,17,21H,8-11H2,1-3H3,(H,22,27)/t17-/m1/s1. The highest BCUT2D eigenvalue weighted by Crippen LogP contribution is 2.17. The van der Waals surface area contributed by atoms with Crippen LogP contribution in [0.15, 0.2) is 30.3 Å². The van der Waals surface area contributed by atoms with Crippen molar-refractivity contribution in [2.75, 3.05) is 33.3 Å². The molecule has 2 aromatic rings. The van der Waals surface area contributed by atoms with Crippen molar-refractivity contribution in [2.24, 2.45) is 5.92 Å². The van der Waals surface area contributed by atoms with Crippen LogP contribution < -0.4 is 5.32 Å². The Bertz CT molecular complexity index is 835. The Morgan fingerprint density at radius 1 is 1.07 bits per heavy atom. The average Bonchev–Trinajstić information content (AvgIpc) is 3.14. The second-order valence-corrected chi connectivity index (χ2v) is 7.24. The van der Waals surface area contributed by atoms with Gasteiger partial charge in [0, 0.05) is 37.1 Å². The maximum absolute atomic E-state index is 12.8. The molecule has 1 aliphatic heterocycles. The Morgan fingerprint density at radius 3 is 2.32 bits per heavy atom. The van der Waals surface area contributed by atoms with Gasteiger partial charge in [-0.2, -0.15) is 0 Å². The maximum atomic E-state index is 12.8. The van der Waals surface area contributed by atoms with Crippen LogP contribution in [0.5, 0.6) is 0 Å². The molecule has 0 radical (unpaired) electrons. The number of aromatic amines is 1. The maximum Gasteiger partial charge on any atom is 0.328 e. The zero-order valence-electron chi connectivity index (χ0n) is 16.4. The molecule has 2 N–H and O–H groups in total. The summed E-state index contributed by atoms with van der Waals surface area (Å²) in [7, 11) is 1.30. The summed E-state index contributed by atoms with van der Waals surface area (Å²) >= 11 is 0. The number of rotatable bonds is 4. The molecule has 28 heavy (non-hydrogen) atoms. The number of hydrogen-bond donors (Lipinski definition) is 2. The van der Waals surface area contributed by atoms with Crippen molar-refractivity contribution >= 4 is 28.8 Å².